The Morgan fingerprint density at radius 3 is 2.71 bits per heavy atom. The number of anilines is 2. The number of thioether (sulfide) groups is 1. The molecule has 1 aromatic heterocycles. The minimum Gasteiger partial charge on any atom is -0.381 e. The lowest BCUT2D eigenvalue weighted by Gasteiger charge is -2.28. The molecule has 1 fully saturated rings. The molecular weight excluding hydrogens is 467 g/mol. The predicted molar refractivity (Wildman–Crippen MR) is 123 cm³/mol. The first-order valence-electron chi connectivity index (χ1n) is 10.8. The predicted octanol–water partition coefficient (Wildman–Crippen LogP) is 4.11. The van der Waals surface area contributed by atoms with E-state index in [1.807, 2.05) is 0 Å². The number of carbonyl (C=O) groups excluding carboxylic acids is 1. The quantitative estimate of drug-likeness (QED) is 0.411. The van der Waals surface area contributed by atoms with E-state index in [9.17, 15) is 23.2 Å². The molecule has 34 heavy (non-hydrogen) atoms. The van der Waals surface area contributed by atoms with E-state index in [0.717, 1.165) is 31.4 Å². The van der Waals surface area contributed by atoms with Gasteiger partial charge in [-0.25, -0.2) is 4.98 Å². The van der Waals surface area contributed by atoms with Crippen LogP contribution in [0.1, 0.15) is 36.0 Å². The molecule has 0 spiro atoms. The Hall–Kier alpha value is -2.84. The number of nitrogens with zero attached hydrogens (tertiary/aromatic N) is 4. The summed E-state index contributed by atoms with van der Waals surface area (Å²) in [4.78, 5) is 23.0. The number of rotatable bonds is 9. The number of carbonyl (C=O) groups is 1. The number of nitriles is 1. The number of ether oxygens (including phenoxy) is 1. The lowest BCUT2D eigenvalue weighted by atomic mass is 9.96. The number of hydrogen-bond acceptors (Lipinski definition) is 8. The molecule has 11 heteroatoms. The average molecular weight is 494 g/mol. The maximum absolute atomic E-state index is 13.0. The molecule has 2 aromatic rings. The van der Waals surface area contributed by atoms with Crippen molar-refractivity contribution in [2.75, 3.05) is 43.2 Å². The van der Waals surface area contributed by atoms with Crippen LogP contribution in [0.4, 0.5) is 24.9 Å². The highest BCUT2D eigenvalue weighted by atomic mass is 32.2. The molecule has 0 saturated carbocycles. The second kappa shape index (κ2) is 11.5. The molecule has 1 aliphatic rings. The van der Waals surface area contributed by atoms with Crippen molar-refractivity contribution in [2.24, 2.45) is 5.92 Å². The zero-order valence-electron chi connectivity index (χ0n) is 18.8. The van der Waals surface area contributed by atoms with E-state index in [-0.39, 0.29) is 41.6 Å². The highest BCUT2D eigenvalue weighted by Crippen LogP contribution is 2.30. The summed E-state index contributed by atoms with van der Waals surface area (Å²) < 4.78 is 44.5. The van der Waals surface area contributed by atoms with Crippen molar-refractivity contribution in [3.8, 4) is 6.07 Å². The number of ketones is 1. The molecule has 182 valence electrons. The second-order valence-corrected chi connectivity index (χ2v) is 8.88. The van der Waals surface area contributed by atoms with Gasteiger partial charge in [0, 0.05) is 26.2 Å². The van der Waals surface area contributed by atoms with Crippen LogP contribution in [0.15, 0.2) is 29.3 Å². The SMILES string of the molecule is CSc1nc(N)nc(N(CCC2CCOCC2)CC(=O)Cc2cccc(C(F)(F)F)c2)c1C#N. The summed E-state index contributed by atoms with van der Waals surface area (Å²) in [5, 5.41) is 10.2. The standard InChI is InChI=1S/C23H26F3N5O2S/c1-34-21-19(13-27)20(29-22(28)30-21)31(8-5-15-6-9-33-10-7-15)14-18(32)12-16-3-2-4-17(11-16)23(24,25)26/h2-4,11,15H,5-10,12,14H2,1H3,(H2,28,29,30). The van der Waals surface area contributed by atoms with Gasteiger partial charge in [-0.3, -0.25) is 4.79 Å². The number of aromatic nitrogens is 2. The maximum atomic E-state index is 13.0. The molecule has 0 radical (unpaired) electrons. The highest BCUT2D eigenvalue weighted by Gasteiger charge is 2.30. The van der Waals surface area contributed by atoms with Crippen LogP contribution in [0, 0.1) is 17.2 Å². The minimum atomic E-state index is -4.48. The van der Waals surface area contributed by atoms with Crippen LogP contribution in [0.3, 0.4) is 0 Å². The summed E-state index contributed by atoms with van der Waals surface area (Å²) in [6.45, 7) is 1.69. The first-order chi connectivity index (χ1) is 16.2. The molecule has 1 aliphatic heterocycles. The Bertz CT molecular complexity index is 1050. The molecule has 1 aromatic carbocycles. The van der Waals surface area contributed by atoms with Gasteiger partial charge in [0.1, 0.15) is 16.7 Å². The van der Waals surface area contributed by atoms with Crippen molar-refractivity contribution in [1.29, 1.82) is 5.26 Å². The molecule has 0 aliphatic carbocycles. The number of nitrogens with two attached hydrogens (primary N) is 1. The van der Waals surface area contributed by atoms with Gasteiger partial charge in [-0.1, -0.05) is 18.2 Å². The van der Waals surface area contributed by atoms with Crippen LogP contribution in [-0.2, 0) is 22.1 Å². The topological polar surface area (TPSA) is 105 Å². The molecule has 0 atom stereocenters. The average Bonchev–Trinajstić information content (AvgIpc) is 2.81. The minimum absolute atomic E-state index is 0.0141. The summed E-state index contributed by atoms with van der Waals surface area (Å²) in [6, 6.07) is 6.85. The van der Waals surface area contributed by atoms with Crippen molar-refractivity contribution in [2.45, 2.75) is 36.9 Å². The molecule has 0 amide bonds. The highest BCUT2D eigenvalue weighted by molar-refractivity contribution is 7.98. The maximum Gasteiger partial charge on any atom is 0.416 e. The number of benzene rings is 1. The van der Waals surface area contributed by atoms with E-state index in [1.54, 1.807) is 11.2 Å². The van der Waals surface area contributed by atoms with E-state index < -0.39 is 11.7 Å². The molecule has 3 rings (SSSR count). The van der Waals surface area contributed by atoms with Crippen LogP contribution in [0.5, 0.6) is 0 Å². The number of Topliss-reactive ketones (excluding diaryl/α,β-unsaturated/α-hetero) is 1. The first kappa shape index (κ1) is 25.8. The van der Waals surface area contributed by atoms with Gasteiger partial charge in [-0.2, -0.15) is 23.4 Å². The summed E-state index contributed by atoms with van der Waals surface area (Å²) in [7, 11) is 0. The van der Waals surface area contributed by atoms with Crippen molar-refractivity contribution in [3.63, 3.8) is 0 Å². The van der Waals surface area contributed by atoms with Crippen LogP contribution in [0.25, 0.3) is 0 Å². The molecule has 0 unspecified atom stereocenters. The molecule has 0 bridgehead atoms. The molecule has 1 saturated heterocycles. The van der Waals surface area contributed by atoms with Crippen molar-refractivity contribution in [3.05, 3.63) is 41.0 Å². The zero-order valence-corrected chi connectivity index (χ0v) is 19.6. The van der Waals surface area contributed by atoms with Crippen LogP contribution >= 0.6 is 11.8 Å². The number of halogens is 3. The number of hydrogen-bond donors (Lipinski definition) is 1. The lowest BCUT2D eigenvalue weighted by molar-refractivity contribution is -0.137. The van der Waals surface area contributed by atoms with Gasteiger partial charge in [-0.05, 0) is 43.1 Å². The molecule has 2 heterocycles. The summed E-state index contributed by atoms with van der Waals surface area (Å²) in [5.74, 6) is 0.362. The van der Waals surface area contributed by atoms with E-state index in [4.69, 9.17) is 10.5 Å². The van der Waals surface area contributed by atoms with E-state index in [0.29, 0.717) is 30.7 Å². The third-order valence-electron chi connectivity index (χ3n) is 5.65. The fraction of sp³-hybridized carbons (Fsp3) is 0.478. The van der Waals surface area contributed by atoms with Crippen molar-refractivity contribution >= 4 is 29.3 Å². The third kappa shape index (κ3) is 6.84. The van der Waals surface area contributed by atoms with Gasteiger partial charge < -0.3 is 15.4 Å². The van der Waals surface area contributed by atoms with Gasteiger partial charge >= 0.3 is 6.18 Å². The third-order valence-corrected chi connectivity index (χ3v) is 6.33. The van der Waals surface area contributed by atoms with Crippen LogP contribution in [-0.4, -0.2) is 48.3 Å². The van der Waals surface area contributed by atoms with E-state index in [2.05, 4.69) is 16.0 Å². The number of nitrogen functional groups attached to an aromatic ring is 1. The number of alkyl halides is 3. The van der Waals surface area contributed by atoms with Gasteiger partial charge in [0.15, 0.2) is 11.6 Å². The van der Waals surface area contributed by atoms with Crippen LogP contribution < -0.4 is 10.6 Å². The van der Waals surface area contributed by atoms with Crippen LogP contribution in [0.2, 0.25) is 0 Å². The summed E-state index contributed by atoms with van der Waals surface area (Å²) in [5.41, 5.74) is 5.57. The van der Waals surface area contributed by atoms with Crippen molar-refractivity contribution < 1.29 is 22.7 Å². The summed E-state index contributed by atoms with van der Waals surface area (Å²) >= 11 is 1.25. The van der Waals surface area contributed by atoms with E-state index >= 15 is 0 Å². The first-order valence-corrected chi connectivity index (χ1v) is 12.1. The summed E-state index contributed by atoms with van der Waals surface area (Å²) in [6.07, 6.45) is -0.335. The van der Waals surface area contributed by atoms with Crippen molar-refractivity contribution in [1.82, 2.24) is 9.97 Å². The Morgan fingerprint density at radius 2 is 2.06 bits per heavy atom. The normalized spacial score (nSPS) is 14.6. The second-order valence-electron chi connectivity index (χ2n) is 8.08. The largest absolute Gasteiger partial charge is 0.416 e. The van der Waals surface area contributed by atoms with Gasteiger partial charge in [0.25, 0.3) is 0 Å². The Labute approximate surface area is 200 Å². The monoisotopic (exact) mass is 493 g/mol. The molecule has 7 nitrogen and oxygen atoms in total. The van der Waals surface area contributed by atoms with Gasteiger partial charge in [0.2, 0.25) is 5.95 Å². The lowest BCUT2D eigenvalue weighted by Crippen LogP contribution is -2.35. The zero-order chi connectivity index (χ0) is 24.7. The molecule has 2 N–H and O–H groups in total. The Balaban J connectivity index is 1.83. The Kier molecular flexibility index (Phi) is 8.74. The Morgan fingerprint density at radius 1 is 1.32 bits per heavy atom. The smallest absolute Gasteiger partial charge is 0.381 e. The fourth-order valence-corrected chi connectivity index (χ4v) is 4.43. The van der Waals surface area contributed by atoms with E-state index in [1.165, 1.54) is 23.9 Å². The van der Waals surface area contributed by atoms with Gasteiger partial charge in [-0.15, -0.1) is 11.8 Å². The van der Waals surface area contributed by atoms with Gasteiger partial charge in [0.05, 0.1) is 12.1 Å². The fourth-order valence-electron chi connectivity index (χ4n) is 3.91. The molecular formula is C23H26F3N5O2S.